The number of rotatable bonds is 1. The fourth-order valence-electron chi connectivity index (χ4n) is 0.905. The summed E-state index contributed by atoms with van der Waals surface area (Å²) in [4.78, 5) is 0. The van der Waals surface area contributed by atoms with Crippen LogP contribution in [0.1, 0.15) is 11.1 Å². The topological polar surface area (TPSA) is 20.2 Å². The molecule has 0 aliphatic carbocycles. The van der Waals surface area contributed by atoms with Gasteiger partial charge < -0.3 is 5.11 Å². The lowest BCUT2D eigenvalue weighted by atomic mass is 10.1. The Labute approximate surface area is 90.0 Å². The van der Waals surface area contributed by atoms with Crippen LogP contribution in [0.25, 0.3) is 0 Å². The van der Waals surface area contributed by atoms with Crippen molar-refractivity contribution in [2.75, 3.05) is 0 Å². The van der Waals surface area contributed by atoms with E-state index in [-0.39, 0.29) is 12.2 Å². The smallest absolute Gasteiger partial charge is 0.216 e. The molecule has 1 aromatic rings. The molecule has 0 bridgehead atoms. The van der Waals surface area contributed by atoms with E-state index in [1.807, 2.05) is 0 Å². The first kappa shape index (κ1) is 11.1. The normalized spacial score (nSPS) is 11.8. The van der Waals surface area contributed by atoms with Gasteiger partial charge in [0, 0.05) is 5.56 Å². The van der Waals surface area contributed by atoms with Crippen molar-refractivity contribution in [3.05, 3.63) is 35.1 Å². The zero-order chi connectivity index (χ0) is 10.1. The molecule has 13 heavy (non-hydrogen) atoms. The molecule has 0 unspecified atom stereocenters. The maximum absolute atomic E-state index is 12.9. The van der Waals surface area contributed by atoms with E-state index in [4.69, 9.17) is 39.9 Å². The van der Waals surface area contributed by atoms with Crippen molar-refractivity contribution in [1.29, 1.82) is 0 Å². The SMILES string of the molecule is OCc1cc(F)cc(C(Cl)(Cl)Cl)c1. The Morgan fingerprint density at radius 2 is 1.85 bits per heavy atom. The lowest BCUT2D eigenvalue weighted by molar-refractivity contribution is 0.281. The van der Waals surface area contributed by atoms with Gasteiger partial charge in [0.1, 0.15) is 5.82 Å². The largest absolute Gasteiger partial charge is 0.392 e. The van der Waals surface area contributed by atoms with E-state index in [9.17, 15) is 4.39 Å². The van der Waals surface area contributed by atoms with Crippen LogP contribution in [0, 0.1) is 5.82 Å². The van der Waals surface area contributed by atoms with Gasteiger partial charge in [-0.1, -0.05) is 34.8 Å². The van der Waals surface area contributed by atoms with E-state index in [1.54, 1.807) is 0 Å². The highest BCUT2D eigenvalue weighted by molar-refractivity contribution is 6.66. The molecule has 5 heteroatoms. The molecule has 0 saturated carbocycles. The number of aliphatic hydroxyl groups is 1. The molecule has 0 radical (unpaired) electrons. The molecule has 0 fully saturated rings. The van der Waals surface area contributed by atoms with Crippen LogP contribution in [-0.2, 0) is 10.4 Å². The summed E-state index contributed by atoms with van der Waals surface area (Å²) < 4.78 is 11.2. The lowest BCUT2D eigenvalue weighted by Crippen LogP contribution is -2.02. The quantitative estimate of drug-likeness (QED) is 0.751. The van der Waals surface area contributed by atoms with Crippen molar-refractivity contribution in [3.8, 4) is 0 Å². The third kappa shape index (κ3) is 2.99. The van der Waals surface area contributed by atoms with Crippen LogP contribution in [0.2, 0.25) is 0 Å². The van der Waals surface area contributed by atoms with Gasteiger partial charge in [-0.25, -0.2) is 4.39 Å². The van der Waals surface area contributed by atoms with Crippen LogP contribution < -0.4 is 0 Å². The molecule has 0 atom stereocenters. The summed E-state index contributed by atoms with van der Waals surface area (Å²) >= 11 is 16.6. The first-order valence-electron chi connectivity index (χ1n) is 3.41. The summed E-state index contributed by atoms with van der Waals surface area (Å²) in [5.74, 6) is -0.534. The van der Waals surface area contributed by atoms with Gasteiger partial charge in [-0.05, 0) is 23.8 Å². The molecule has 0 heterocycles. The zero-order valence-electron chi connectivity index (χ0n) is 6.40. The van der Waals surface area contributed by atoms with Gasteiger partial charge in [0.25, 0.3) is 0 Å². The molecule has 72 valence electrons. The monoisotopic (exact) mass is 242 g/mol. The maximum atomic E-state index is 12.9. The highest BCUT2D eigenvalue weighted by atomic mass is 35.6. The van der Waals surface area contributed by atoms with Gasteiger partial charge in [0.15, 0.2) is 0 Å². The molecular weight excluding hydrogens is 237 g/mol. The molecule has 0 saturated heterocycles. The molecule has 0 amide bonds. The van der Waals surface area contributed by atoms with Crippen LogP contribution in [0.4, 0.5) is 4.39 Å². The van der Waals surface area contributed by atoms with Gasteiger partial charge >= 0.3 is 0 Å². The predicted octanol–water partition coefficient (Wildman–Crippen LogP) is 3.14. The molecule has 0 aliphatic rings. The Kier molecular flexibility index (Phi) is 3.41. The van der Waals surface area contributed by atoms with Crippen LogP contribution in [-0.4, -0.2) is 5.11 Å². The van der Waals surface area contributed by atoms with Crippen LogP contribution in [0.5, 0.6) is 0 Å². The number of alkyl halides is 3. The van der Waals surface area contributed by atoms with Gasteiger partial charge in [0.05, 0.1) is 6.61 Å². The molecule has 0 aliphatic heterocycles. The van der Waals surface area contributed by atoms with Crippen molar-refractivity contribution in [1.82, 2.24) is 0 Å². The summed E-state index contributed by atoms with van der Waals surface area (Å²) in [6.45, 7) is -0.286. The van der Waals surface area contributed by atoms with Crippen LogP contribution in [0.15, 0.2) is 18.2 Å². The van der Waals surface area contributed by atoms with E-state index >= 15 is 0 Å². The van der Waals surface area contributed by atoms with Gasteiger partial charge in [-0.2, -0.15) is 0 Å². The van der Waals surface area contributed by atoms with Crippen molar-refractivity contribution < 1.29 is 9.50 Å². The maximum Gasteiger partial charge on any atom is 0.216 e. The van der Waals surface area contributed by atoms with Crippen LogP contribution in [0.3, 0.4) is 0 Å². The summed E-state index contributed by atoms with van der Waals surface area (Å²) in [7, 11) is 0. The molecule has 1 nitrogen and oxygen atoms in total. The lowest BCUT2D eigenvalue weighted by Gasteiger charge is -2.12. The number of aliphatic hydroxyl groups excluding tert-OH is 1. The highest BCUT2D eigenvalue weighted by Gasteiger charge is 2.23. The van der Waals surface area contributed by atoms with E-state index in [0.717, 1.165) is 6.07 Å². The van der Waals surface area contributed by atoms with Gasteiger partial charge in [-0.15, -0.1) is 0 Å². The fourth-order valence-corrected chi connectivity index (χ4v) is 1.23. The van der Waals surface area contributed by atoms with E-state index in [0.29, 0.717) is 5.56 Å². The predicted molar refractivity (Wildman–Crippen MR) is 51.6 cm³/mol. The Morgan fingerprint density at radius 3 is 2.31 bits per heavy atom. The number of benzene rings is 1. The number of halogens is 4. The Bertz CT molecular complexity index is 309. The number of hydrogen-bond donors (Lipinski definition) is 1. The molecule has 1 aromatic carbocycles. The molecule has 1 rings (SSSR count). The summed E-state index contributed by atoms with van der Waals surface area (Å²) in [6, 6.07) is 3.74. The summed E-state index contributed by atoms with van der Waals surface area (Å²) in [5, 5.41) is 8.76. The first-order valence-corrected chi connectivity index (χ1v) is 4.54. The Hall–Kier alpha value is -0.0200. The minimum absolute atomic E-state index is 0.210. The molecule has 0 aromatic heterocycles. The van der Waals surface area contributed by atoms with E-state index < -0.39 is 9.61 Å². The number of hydrogen-bond acceptors (Lipinski definition) is 1. The van der Waals surface area contributed by atoms with E-state index in [1.165, 1.54) is 12.1 Å². The summed E-state index contributed by atoms with van der Waals surface area (Å²) in [6.07, 6.45) is 0. The third-order valence-corrected chi connectivity index (χ3v) is 2.12. The minimum Gasteiger partial charge on any atom is -0.392 e. The Morgan fingerprint density at radius 1 is 1.23 bits per heavy atom. The van der Waals surface area contributed by atoms with Gasteiger partial charge in [0.2, 0.25) is 3.79 Å². The fraction of sp³-hybridized carbons (Fsp3) is 0.250. The van der Waals surface area contributed by atoms with Crippen molar-refractivity contribution >= 4 is 34.8 Å². The zero-order valence-corrected chi connectivity index (χ0v) is 8.67. The average molecular weight is 243 g/mol. The second kappa shape index (κ2) is 4.01. The van der Waals surface area contributed by atoms with E-state index in [2.05, 4.69) is 0 Å². The second-order valence-corrected chi connectivity index (χ2v) is 4.79. The molecular formula is C8H6Cl3FO. The molecule has 1 N–H and O–H groups in total. The van der Waals surface area contributed by atoms with Gasteiger partial charge in [-0.3, -0.25) is 0 Å². The third-order valence-electron chi connectivity index (χ3n) is 1.47. The average Bonchev–Trinajstić information content (AvgIpc) is 2.01. The summed E-state index contributed by atoms with van der Waals surface area (Å²) in [5.41, 5.74) is 0.586. The van der Waals surface area contributed by atoms with Crippen LogP contribution >= 0.6 is 34.8 Å². The highest BCUT2D eigenvalue weighted by Crippen LogP contribution is 2.38. The van der Waals surface area contributed by atoms with Crippen molar-refractivity contribution in [2.24, 2.45) is 0 Å². The van der Waals surface area contributed by atoms with Crippen molar-refractivity contribution in [3.63, 3.8) is 0 Å². The second-order valence-electron chi connectivity index (χ2n) is 2.50. The molecule has 0 spiro atoms. The minimum atomic E-state index is -1.66. The first-order chi connectivity index (χ1) is 5.93. The standard InChI is InChI=1S/C8H6Cl3FO/c9-8(10,11)6-1-5(4-13)2-7(12)3-6/h1-3,13H,4H2. The Balaban J connectivity index is 3.16. The van der Waals surface area contributed by atoms with Crippen molar-refractivity contribution in [2.45, 2.75) is 10.4 Å².